The fraction of sp³-hybridized carbons (Fsp3) is 0.543. The van der Waals surface area contributed by atoms with Crippen molar-refractivity contribution >= 4 is 45.7 Å². The minimum Gasteiger partial charge on any atom is -0.444 e. The zero-order chi connectivity index (χ0) is 38.3. The van der Waals surface area contributed by atoms with Crippen LogP contribution in [0, 0.1) is 11.7 Å². The van der Waals surface area contributed by atoms with E-state index in [4.69, 9.17) is 9.47 Å². The summed E-state index contributed by atoms with van der Waals surface area (Å²) in [5, 5.41) is 4.33. The number of allylic oxidation sites excluding steroid dienone is 1. The molecule has 1 aromatic rings. The van der Waals surface area contributed by atoms with Crippen molar-refractivity contribution in [1.29, 1.82) is 0 Å². The van der Waals surface area contributed by atoms with Crippen molar-refractivity contribution in [2.45, 2.75) is 107 Å². The Bertz CT molecular complexity index is 1820. The summed E-state index contributed by atoms with van der Waals surface area (Å²) in [5.74, 6) is -4.37. The van der Waals surface area contributed by atoms with E-state index in [0.717, 1.165) is 4.90 Å². The quantitative estimate of drug-likeness (QED) is 0.211. The van der Waals surface area contributed by atoms with Gasteiger partial charge in [-0.05, 0) is 64.2 Å². The van der Waals surface area contributed by atoms with Gasteiger partial charge in [0.05, 0.1) is 18.3 Å². The van der Waals surface area contributed by atoms with E-state index in [1.807, 2.05) is 0 Å². The van der Waals surface area contributed by atoms with E-state index in [1.165, 1.54) is 30.0 Å². The van der Waals surface area contributed by atoms with Crippen LogP contribution in [0.15, 0.2) is 43.0 Å². The van der Waals surface area contributed by atoms with Gasteiger partial charge in [0.1, 0.15) is 35.1 Å². The smallest absolute Gasteiger partial charge is 0.410 e. The lowest BCUT2D eigenvalue weighted by Gasteiger charge is -2.30. The molecule has 1 aromatic carbocycles. The number of sulfonamides is 1. The van der Waals surface area contributed by atoms with Crippen molar-refractivity contribution in [3.05, 3.63) is 60.0 Å². The SMILES string of the molecule is C=CC1CC1(NC(=O)[C@@H]1C[C@@H](OC(=O)N2Cc3cccc(F)c3C2)CN1C(=O)[C@H](CC(=O)C(=C)C)NC(=O)OC(C)(C)C)C(=O)NS(=O)(=O)C1CC1. The number of hydrogen-bond donors (Lipinski definition) is 3. The van der Waals surface area contributed by atoms with Crippen LogP contribution in [0.3, 0.4) is 0 Å². The number of rotatable bonds is 12. The number of amides is 5. The number of carbonyl (C=O) groups is 6. The maximum atomic E-state index is 14.4. The number of carbonyl (C=O) groups excluding carboxylic acids is 6. The molecular weight excluding hydrogens is 701 g/mol. The summed E-state index contributed by atoms with van der Waals surface area (Å²) in [6.07, 6.45) is -1.48. The molecule has 282 valence electrons. The van der Waals surface area contributed by atoms with Gasteiger partial charge < -0.3 is 25.0 Å². The van der Waals surface area contributed by atoms with Gasteiger partial charge in [-0.1, -0.05) is 24.8 Å². The molecule has 5 atom stereocenters. The van der Waals surface area contributed by atoms with Gasteiger partial charge in [-0.25, -0.2) is 22.4 Å². The Labute approximate surface area is 301 Å². The summed E-state index contributed by atoms with van der Waals surface area (Å²) < 4.78 is 52.7. The van der Waals surface area contributed by atoms with Gasteiger partial charge in [0, 0.05) is 30.9 Å². The van der Waals surface area contributed by atoms with Crippen LogP contribution in [0.2, 0.25) is 0 Å². The number of likely N-dealkylation sites (tertiary alicyclic amines) is 1. The van der Waals surface area contributed by atoms with Gasteiger partial charge in [-0.15, -0.1) is 6.58 Å². The second-order valence-corrected chi connectivity index (χ2v) is 16.7. The van der Waals surface area contributed by atoms with Gasteiger partial charge in [-0.2, -0.15) is 0 Å². The molecule has 17 heteroatoms. The number of ether oxygens (including phenoxy) is 2. The molecule has 4 aliphatic rings. The number of nitrogens with one attached hydrogen (secondary N) is 3. The van der Waals surface area contributed by atoms with Gasteiger partial charge in [-0.3, -0.25) is 28.8 Å². The van der Waals surface area contributed by atoms with Crippen LogP contribution < -0.4 is 15.4 Å². The molecule has 2 aliphatic carbocycles. The van der Waals surface area contributed by atoms with Crippen molar-refractivity contribution in [2.75, 3.05) is 6.54 Å². The summed E-state index contributed by atoms with van der Waals surface area (Å²) in [7, 11) is -3.97. The Morgan fingerprint density at radius 3 is 2.40 bits per heavy atom. The monoisotopic (exact) mass is 745 g/mol. The molecule has 5 rings (SSSR count). The first-order valence-corrected chi connectivity index (χ1v) is 18.5. The van der Waals surface area contributed by atoms with E-state index >= 15 is 0 Å². The highest BCUT2D eigenvalue weighted by atomic mass is 32.2. The normalized spacial score (nSPS) is 24.2. The average Bonchev–Trinajstić information content (AvgIpc) is 3.94. The molecule has 15 nitrogen and oxygen atoms in total. The predicted octanol–water partition coefficient (Wildman–Crippen LogP) is 2.35. The van der Waals surface area contributed by atoms with Gasteiger partial charge in [0.15, 0.2) is 5.78 Å². The molecule has 52 heavy (non-hydrogen) atoms. The summed E-state index contributed by atoms with van der Waals surface area (Å²) >= 11 is 0. The third-order valence-corrected chi connectivity index (χ3v) is 11.2. The molecule has 3 fully saturated rings. The highest BCUT2D eigenvalue weighted by molar-refractivity contribution is 7.91. The van der Waals surface area contributed by atoms with E-state index in [1.54, 1.807) is 26.8 Å². The Balaban J connectivity index is 1.39. The standard InChI is InChI=1S/C35H44FN5O10S/c1-7-21-15-35(21,31(45)39-52(48,49)23-11-12-23)38-29(43)27-13-22(50-33(47)40-16-20-9-8-10-25(36)24(20)18-40)17-41(27)30(44)26(14-28(42)19(2)3)37-32(46)51-34(4,5)6/h7-10,21-23,26-27H,1-2,11-18H2,3-6H3,(H,37,46)(H,38,43)(H,39,45)/t21?,22-,26+,27+,35?/m1/s1. The van der Waals surface area contributed by atoms with Crippen LogP contribution in [0.25, 0.3) is 0 Å². The van der Waals surface area contributed by atoms with Crippen LogP contribution in [0.5, 0.6) is 0 Å². The Kier molecular flexibility index (Phi) is 10.6. The first kappa shape index (κ1) is 38.4. The highest BCUT2D eigenvalue weighted by Gasteiger charge is 2.62. The Morgan fingerprint density at radius 2 is 1.83 bits per heavy atom. The maximum Gasteiger partial charge on any atom is 0.410 e. The number of fused-ring (bicyclic) bond motifs is 1. The van der Waals surface area contributed by atoms with Crippen molar-refractivity contribution in [2.24, 2.45) is 5.92 Å². The molecule has 2 saturated carbocycles. The first-order valence-electron chi connectivity index (χ1n) is 17.0. The number of ketones is 1. The molecule has 2 heterocycles. The highest BCUT2D eigenvalue weighted by Crippen LogP contribution is 2.45. The average molecular weight is 746 g/mol. The fourth-order valence-corrected chi connectivity index (χ4v) is 7.69. The number of nitrogens with zero attached hydrogens (tertiary/aromatic N) is 2. The molecule has 1 saturated heterocycles. The minimum atomic E-state index is -3.97. The van der Waals surface area contributed by atoms with E-state index in [-0.39, 0.29) is 38.0 Å². The van der Waals surface area contributed by atoms with Gasteiger partial charge >= 0.3 is 12.2 Å². The second kappa shape index (κ2) is 14.3. The van der Waals surface area contributed by atoms with Crippen molar-refractivity contribution in [1.82, 2.24) is 25.2 Å². The van der Waals surface area contributed by atoms with E-state index in [2.05, 4.69) is 28.5 Å². The molecule has 5 amide bonds. The number of Topliss-reactive ketones (excluding diaryl/α,β-unsaturated/α-hetero) is 1. The van der Waals surface area contributed by atoms with E-state index in [9.17, 15) is 41.6 Å². The lowest BCUT2D eigenvalue weighted by Crippen LogP contribution is -2.58. The van der Waals surface area contributed by atoms with Crippen molar-refractivity contribution in [3.8, 4) is 0 Å². The minimum absolute atomic E-state index is 0.0371. The lowest BCUT2D eigenvalue weighted by atomic mass is 10.0. The molecule has 2 aliphatic heterocycles. The first-order chi connectivity index (χ1) is 24.2. The summed E-state index contributed by atoms with van der Waals surface area (Å²) in [6, 6.07) is 1.54. The van der Waals surface area contributed by atoms with Crippen molar-refractivity contribution in [3.63, 3.8) is 0 Å². The predicted molar refractivity (Wildman–Crippen MR) is 183 cm³/mol. The fourth-order valence-electron chi connectivity index (χ4n) is 6.33. The molecule has 2 unspecified atom stereocenters. The molecule has 0 bridgehead atoms. The van der Waals surface area contributed by atoms with E-state index in [0.29, 0.717) is 24.0 Å². The molecule has 0 spiro atoms. The second-order valence-electron chi connectivity index (χ2n) is 14.8. The molecule has 0 aromatic heterocycles. The van der Waals surface area contributed by atoms with Crippen LogP contribution in [0.4, 0.5) is 14.0 Å². The third kappa shape index (κ3) is 8.45. The maximum absolute atomic E-state index is 14.4. The summed E-state index contributed by atoms with van der Waals surface area (Å²) in [5.41, 5.74) is -1.60. The van der Waals surface area contributed by atoms with Gasteiger partial charge in [0.2, 0.25) is 21.8 Å². The van der Waals surface area contributed by atoms with Crippen LogP contribution in [-0.2, 0) is 51.8 Å². The zero-order valence-electron chi connectivity index (χ0n) is 29.5. The summed E-state index contributed by atoms with van der Waals surface area (Å²) in [4.78, 5) is 82.9. The van der Waals surface area contributed by atoms with Gasteiger partial charge in [0.25, 0.3) is 5.91 Å². The zero-order valence-corrected chi connectivity index (χ0v) is 30.3. The lowest BCUT2D eigenvalue weighted by molar-refractivity contribution is -0.141. The molecule has 0 radical (unpaired) electrons. The summed E-state index contributed by atoms with van der Waals surface area (Å²) in [6.45, 7) is 13.2. The van der Waals surface area contributed by atoms with E-state index < -0.39 is 98.4 Å². The van der Waals surface area contributed by atoms with Crippen LogP contribution in [-0.4, -0.2) is 95.0 Å². The van der Waals surface area contributed by atoms with Crippen molar-refractivity contribution < 1.29 is 51.0 Å². The topological polar surface area (TPSA) is 198 Å². The Morgan fingerprint density at radius 1 is 1.13 bits per heavy atom. The number of benzene rings is 1. The molecule has 3 N–H and O–H groups in total. The third-order valence-electron chi connectivity index (χ3n) is 9.40. The van der Waals surface area contributed by atoms with Crippen LogP contribution in [0.1, 0.15) is 70.9 Å². The number of alkyl carbamates (subject to hydrolysis) is 1. The molecular formula is C35H44FN5O10S. The number of hydrogen-bond acceptors (Lipinski definition) is 10. The van der Waals surface area contributed by atoms with Crippen LogP contribution >= 0.6 is 0 Å². The Hall–Kier alpha value is -4.80. The number of halogens is 1. The largest absolute Gasteiger partial charge is 0.444 e.